The average Bonchev–Trinajstić information content (AvgIpc) is 2.32. The van der Waals surface area contributed by atoms with E-state index >= 15 is 0 Å². The molecule has 0 heterocycles. The summed E-state index contributed by atoms with van der Waals surface area (Å²) in [7, 11) is 0. The zero-order valence-corrected chi connectivity index (χ0v) is 11.1. The predicted octanol–water partition coefficient (Wildman–Crippen LogP) is 4.29. The first-order valence-corrected chi connectivity index (χ1v) is 6.88. The van der Waals surface area contributed by atoms with Gasteiger partial charge in [0.2, 0.25) is 0 Å². The summed E-state index contributed by atoms with van der Waals surface area (Å²) in [5.41, 5.74) is -0.845. The lowest BCUT2D eigenvalue weighted by Gasteiger charge is -2.19. The van der Waals surface area contributed by atoms with Gasteiger partial charge in [0, 0.05) is 0 Å². The molecule has 1 nitrogen and oxygen atoms in total. The Labute approximate surface area is 102 Å². The molecule has 0 fully saturated rings. The van der Waals surface area contributed by atoms with Gasteiger partial charge in [-0.3, -0.25) is 0 Å². The van der Waals surface area contributed by atoms with Gasteiger partial charge >= 0.3 is 0 Å². The Bertz CT molecular complexity index is 192. The summed E-state index contributed by atoms with van der Waals surface area (Å²) in [6, 6.07) is 0. The van der Waals surface area contributed by atoms with Crippen molar-refractivity contribution in [3.8, 4) is 12.3 Å². The van der Waals surface area contributed by atoms with E-state index in [1.54, 1.807) is 0 Å². The van der Waals surface area contributed by atoms with E-state index in [1.807, 2.05) is 6.92 Å². The lowest BCUT2D eigenvalue weighted by Crippen LogP contribution is -2.24. The highest BCUT2D eigenvalue weighted by atomic mass is 16.3. The minimum atomic E-state index is -0.845. The van der Waals surface area contributed by atoms with E-state index in [4.69, 9.17) is 6.42 Å². The second-order valence-electron chi connectivity index (χ2n) is 4.75. The summed E-state index contributed by atoms with van der Waals surface area (Å²) >= 11 is 0. The van der Waals surface area contributed by atoms with Gasteiger partial charge in [-0.2, -0.15) is 0 Å². The molecule has 0 aliphatic carbocycles. The Kier molecular flexibility index (Phi) is 9.43. The van der Waals surface area contributed by atoms with E-state index in [9.17, 15) is 5.11 Å². The van der Waals surface area contributed by atoms with Gasteiger partial charge in [0.15, 0.2) is 0 Å². The highest BCUT2D eigenvalue weighted by Gasteiger charge is 2.19. The third-order valence-electron chi connectivity index (χ3n) is 3.30. The largest absolute Gasteiger partial charge is 0.378 e. The van der Waals surface area contributed by atoms with Crippen LogP contribution in [0.5, 0.6) is 0 Å². The maximum Gasteiger partial charge on any atom is 0.125 e. The van der Waals surface area contributed by atoms with Crippen LogP contribution in [0.25, 0.3) is 0 Å². The highest BCUT2D eigenvalue weighted by Crippen LogP contribution is 2.18. The molecule has 0 aromatic rings. The SMILES string of the molecule is C#CC(O)(CC)CCCCCCCCCC. The van der Waals surface area contributed by atoms with Crippen LogP contribution < -0.4 is 0 Å². The molecule has 1 N–H and O–H groups in total. The summed E-state index contributed by atoms with van der Waals surface area (Å²) in [5, 5.41) is 9.87. The van der Waals surface area contributed by atoms with Crippen molar-refractivity contribution in [3.63, 3.8) is 0 Å². The smallest absolute Gasteiger partial charge is 0.125 e. The first kappa shape index (κ1) is 15.5. The molecule has 0 saturated carbocycles. The van der Waals surface area contributed by atoms with Crippen LogP contribution in [0.15, 0.2) is 0 Å². The van der Waals surface area contributed by atoms with Crippen molar-refractivity contribution in [1.29, 1.82) is 0 Å². The standard InChI is InChI=1S/C15H28O/c1-4-7-8-9-10-11-12-13-14-15(16,5-2)6-3/h2,16H,4,6-14H2,1,3H3. The van der Waals surface area contributed by atoms with Crippen LogP contribution >= 0.6 is 0 Å². The average molecular weight is 224 g/mol. The molecule has 0 radical (unpaired) electrons. The molecule has 0 aromatic carbocycles. The molecule has 0 rings (SSSR count). The molecule has 0 saturated heterocycles. The Balaban J connectivity index is 3.30. The van der Waals surface area contributed by atoms with Gasteiger partial charge in [-0.05, 0) is 19.3 Å². The van der Waals surface area contributed by atoms with Crippen molar-refractivity contribution in [1.82, 2.24) is 0 Å². The van der Waals surface area contributed by atoms with Crippen molar-refractivity contribution in [2.75, 3.05) is 0 Å². The van der Waals surface area contributed by atoms with Crippen molar-refractivity contribution < 1.29 is 5.11 Å². The van der Waals surface area contributed by atoms with Crippen molar-refractivity contribution in [3.05, 3.63) is 0 Å². The molecule has 1 unspecified atom stereocenters. The zero-order chi connectivity index (χ0) is 12.3. The van der Waals surface area contributed by atoms with E-state index in [2.05, 4.69) is 12.8 Å². The maximum atomic E-state index is 9.87. The van der Waals surface area contributed by atoms with Crippen molar-refractivity contribution >= 4 is 0 Å². The van der Waals surface area contributed by atoms with Gasteiger partial charge < -0.3 is 5.11 Å². The molecule has 0 aliphatic heterocycles. The molecule has 0 spiro atoms. The molecular formula is C15H28O. The fourth-order valence-corrected chi connectivity index (χ4v) is 1.90. The number of unbranched alkanes of at least 4 members (excludes halogenated alkanes) is 7. The van der Waals surface area contributed by atoms with Crippen LogP contribution in [0.4, 0.5) is 0 Å². The lowest BCUT2D eigenvalue weighted by atomic mass is 9.94. The molecule has 1 atom stereocenters. The van der Waals surface area contributed by atoms with Gasteiger partial charge in [-0.1, -0.05) is 64.7 Å². The van der Waals surface area contributed by atoms with Gasteiger partial charge in [0.05, 0.1) is 0 Å². The fourth-order valence-electron chi connectivity index (χ4n) is 1.90. The minimum absolute atomic E-state index is 0.667. The topological polar surface area (TPSA) is 20.2 Å². The van der Waals surface area contributed by atoms with E-state index in [0.29, 0.717) is 6.42 Å². The molecule has 0 aliphatic rings. The van der Waals surface area contributed by atoms with Crippen LogP contribution in [-0.4, -0.2) is 10.7 Å². The number of aliphatic hydroxyl groups is 1. The predicted molar refractivity (Wildman–Crippen MR) is 71.3 cm³/mol. The van der Waals surface area contributed by atoms with E-state index < -0.39 is 5.60 Å². The van der Waals surface area contributed by atoms with E-state index in [-0.39, 0.29) is 0 Å². The van der Waals surface area contributed by atoms with Gasteiger partial charge in [-0.15, -0.1) is 6.42 Å². The monoisotopic (exact) mass is 224 g/mol. The Morgan fingerprint density at radius 3 is 1.88 bits per heavy atom. The van der Waals surface area contributed by atoms with Crippen molar-refractivity contribution in [2.45, 2.75) is 83.7 Å². The quantitative estimate of drug-likeness (QED) is 0.433. The minimum Gasteiger partial charge on any atom is -0.378 e. The van der Waals surface area contributed by atoms with E-state index in [1.165, 1.54) is 44.9 Å². The van der Waals surface area contributed by atoms with Gasteiger partial charge in [0.25, 0.3) is 0 Å². The number of hydrogen-bond acceptors (Lipinski definition) is 1. The summed E-state index contributed by atoms with van der Waals surface area (Å²) in [5.74, 6) is 2.50. The summed E-state index contributed by atoms with van der Waals surface area (Å²) in [6.45, 7) is 4.19. The molecule has 0 bridgehead atoms. The first-order valence-electron chi connectivity index (χ1n) is 6.88. The molecule has 0 aromatic heterocycles. The number of rotatable bonds is 10. The van der Waals surface area contributed by atoms with E-state index in [0.717, 1.165) is 12.8 Å². The highest BCUT2D eigenvalue weighted by molar-refractivity contribution is 5.06. The van der Waals surface area contributed by atoms with Gasteiger partial charge in [-0.25, -0.2) is 0 Å². The van der Waals surface area contributed by atoms with Crippen LogP contribution in [0.2, 0.25) is 0 Å². The van der Waals surface area contributed by atoms with Crippen LogP contribution in [0, 0.1) is 12.3 Å². The van der Waals surface area contributed by atoms with Crippen molar-refractivity contribution in [2.24, 2.45) is 0 Å². The maximum absolute atomic E-state index is 9.87. The molecule has 94 valence electrons. The second-order valence-corrected chi connectivity index (χ2v) is 4.75. The molecule has 0 amide bonds. The van der Waals surface area contributed by atoms with Crippen LogP contribution in [0.1, 0.15) is 78.1 Å². The molecule has 1 heteroatoms. The Hall–Kier alpha value is -0.480. The number of terminal acetylenes is 1. The first-order chi connectivity index (χ1) is 7.68. The third kappa shape index (κ3) is 7.77. The van der Waals surface area contributed by atoms with Gasteiger partial charge in [0.1, 0.15) is 5.60 Å². The Morgan fingerprint density at radius 2 is 1.44 bits per heavy atom. The molecular weight excluding hydrogens is 196 g/mol. The van der Waals surface area contributed by atoms with Crippen LogP contribution in [0.3, 0.4) is 0 Å². The summed E-state index contributed by atoms with van der Waals surface area (Å²) in [4.78, 5) is 0. The Morgan fingerprint density at radius 1 is 0.938 bits per heavy atom. The zero-order valence-electron chi connectivity index (χ0n) is 11.1. The number of hydrogen-bond donors (Lipinski definition) is 1. The fraction of sp³-hybridized carbons (Fsp3) is 0.867. The normalized spacial score (nSPS) is 14.4. The van der Waals surface area contributed by atoms with Crippen LogP contribution in [-0.2, 0) is 0 Å². The summed E-state index contributed by atoms with van der Waals surface area (Å²) in [6.07, 6.45) is 17.0. The lowest BCUT2D eigenvalue weighted by molar-refractivity contribution is 0.0846. The third-order valence-corrected chi connectivity index (χ3v) is 3.30. The summed E-state index contributed by atoms with van der Waals surface area (Å²) < 4.78 is 0. The molecule has 16 heavy (non-hydrogen) atoms. The second kappa shape index (κ2) is 9.73.